The summed E-state index contributed by atoms with van der Waals surface area (Å²) in [7, 11) is -3.04. The number of hydrogen-bond donors (Lipinski definition) is 1. The third-order valence-corrected chi connectivity index (χ3v) is 4.72. The van der Waals surface area contributed by atoms with Crippen molar-refractivity contribution < 1.29 is 13.2 Å². The van der Waals surface area contributed by atoms with Crippen molar-refractivity contribution in [3.05, 3.63) is 0 Å². The molecule has 0 aromatic rings. The Morgan fingerprint density at radius 3 is 2.28 bits per heavy atom. The minimum atomic E-state index is -3.04. The predicted octanol–water partition coefficient (Wildman–Crippen LogP) is 1.78. The van der Waals surface area contributed by atoms with Crippen LogP contribution in [0.5, 0.6) is 0 Å². The van der Waals surface area contributed by atoms with E-state index in [0.717, 1.165) is 6.42 Å². The first kappa shape index (κ1) is 17.6. The maximum Gasteiger partial charge on any atom is 0.150 e. The quantitative estimate of drug-likeness (QED) is 0.660. The monoisotopic (exact) mass is 277 g/mol. The van der Waals surface area contributed by atoms with Gasteiger partial charge in [0.2, 0.25) is 0 Å². The van der Waals surface area contributed by atoms with Gasteiger partial charge >= 0.3 is 0 Å². The zero-order valence-electron chi connectivity index (χ0n) is 11.8. The molecule has 0 amide bonds. The highest BCUT2D eigenvalue weighted by atomic mass is 32.2. The molecular weight excluding hydrogens is 250 g/mol. The van der Waals surface area contributed by atoms with E-state index in [1.165, 1.54) is 0 Å². The summed E-state index contributed by atoms with van der Waals surface area (Å²) in [5.41, 5.74) is 5.63. The van der Waals surface area contributed by atoms with Crippen molar-refractivity contribution in [3.63, 3.8) is 0 Å². The van der Waals surface area contributed by atoms with Crippen molar-refractivity contribution in [2.45, 2.75) is 46.5 Å². The lowest BCUT2D eigenvalue weighted by Crippen LogP contribution is -2.21. The number of nitrogens with two attached hydrogens (primary N) is 1. The first-order valence-corrected chi connectivity index (χ1v) is 8.55. The molecule has 0 bridgehead atoms. The molecule has 2 N–H and O–H groups in total. The highest BCUT2D eigenvalue weighted by Gasteiger charge is 2.17. The maximum absolute atomic E-state index is 11.7. The number of ketones is 1. The highest BCUT2D eigenvalue weighted by molar-refractivity contribution is 7.91. The van der Waals surface area contributed by atoms with E-state index in [9.17, 15) is 13.2 Å². The lowest BCUT2D eigenvalue weighted by molar-refractivity contribution is -0.119. The third-order valence-electron chi connectivity index (χ3n) is 2.86. The van der Waals surface area contributed by atoms with Crippen molar-refractivity contribution in [1.82, 2.24) is 0 Å². The van der Waals surface area contributed by atoms with E-state index in [4.69, 9.17) is 5.73 Å². The molecule has 0 fully saturated rings. The Morgan fingerprint density at radius 2 is 1.83 bits per heavy atom. The Balaban J connectivity index is 4.10. The van der Waals surface area contributed by atoms with Crippen LogP contribution in [0.4, 0.5) is 0 Å². The highest BCUT2D eigenvalue weighted by Crippen LogP contribution is 2.15. The average molecular weight is 277 g/mol. The van der Waals surface area contributed by atoms with Crippen molar-refractivity contribution in [2.24, 2.45) is 17.6 Å². The van der Waals surface area contributed by atoms with Gasteiger partial charge in [-0.05, 0) is 31.2 Å². The van der Waals surface area contributed by atoms with Crippen LogP contribution in [0.25, 0.3) is 0 Å². The Labute approximate surface area is 111 Å². The minimum absolute atomic E-state index is 0.0152. The van der Waals surface area contributed by atoms with Gasteiger partial charge in [-0.2, -0.15) is 0 Å². The predicted molar refractivity (Wildman–Crippen MR) is 75.2 cm³/mol. The number of carbonyl (C=O) groups excluding carboxylic acids is 1. The van der Waals surface area contributed by atoms with Gasteiger partial charge in [-0.15, -0.1) is 0 Å². The zero-order valence-corrected chi connectivity index (χ0v) is 12.6. The summed E-state index contributed by atoms with van der Waals surface area (Å²) in [6.45, 7) is 6.51. The molecule has 0 aromatic carbocycles. The van der Waals surface area contributed by atoms with E-state index in [1.807, 2.05) is 6.92 Å². The van der Waals surface area contributed by atoms with E-state index in [0.29, 0.717) is 25.3 Å². The van der Waals surface area contributed by atoms with Crippen LogP contribution >= 0.6 is 0 Å². The smallest absolute Gasteiger partial charge is 0.150 e. The van der Waals surface area contributed by atoms with E-state index in [-0.39, 0.29) is 29.6 Å². The number of Topliss-reactive ketones (excluding diaryl/α,β-unsaturated/α-hetero) is 1. The Bertz CT molecular complexity index is 336. The molecule has 0 rings (SSSR count). The molecule has 0 saturated carbocycles. The SMILES string of the molecule is CCCS(=O)(=O)CCC(=O)CC(CN)CC(C)C. The summed E-state index contributed by atoms with van der Waals surface area (Å²) in [6.07, 6.45) is 2.08. The molecule has 4 nitrogen and oxygen atoms in total. The van der Waals surface area contributed by atoms with Crippen LogP contribution in [0, 0.1) is 11.8 Å². The van der Waals surface area contributed by atoms with Crippen LogP contribution in [0.3, 0.4) is 0 Å². The number of rotatable bonds is 10. The zero-order chi connectivity index (χ0) is 14.2. The molecular formula is C13H27NO3S. The largest absolute Gasteiger partial charge is 0.330 e. The molecule has 18 heavy (non-hydrogen) atoms. The average Bonchev–Trinajstić information content (AvgIpc) is 2.25. The van der Waals surface area contributed by atoms with Crippen LogP contribution in [0.2, 0.25) is 0 Å². The molecule has 0 aliphatic heterocycles. The van der Waals surface area contributed by atoms with E-state index in [1.54, 1.807) is 0 Å². The van der Waals surface area contributed by atoms with Crippen LogP contribution < -0.4 is 5.73 Å². The van der Waals surface area contributed by atoms with E-state index < -0.39 is 9.84 Å². The molecule has 0 spiro atoms. The van der Waals surface area contributed by atoms with Gasteiger partial charge in [-0.1, -0.05) is 20.8 Å². The number of carbonyl (C=O) groups is 1. The summed E-state index contributed by atoms with van der Waals surface area (Å²) >= 11 is 0. The van der Waals surface area contributed by atoms with Crippen molar-refractivity contribution >= 4 is 15.6 Å². The van der Waals surface area contributed by atoms with Gasteiger partial charge in [0.15, 0.2) is 9.84 Å². The van der Waals surface area contributed by atoms with Crippen LogP contribution in [0.15, 0.2) is 0 Å². The van der Waals surface area contributed by atoms with Gasteiger partial charge in [-0.25, -0.2) is 8.42 Å². The Morgan fingerprint density at radius 1 is 1.22 bits per heavy atom. The molecule has 0 aliphatic carbocycles. The molecule has 108 valence electrons. The summed E-state index contributed by atoms with van der Waals surface area (Å²) < 4.78 is 23.0. The fraction of sp³-hybridized carbons (Fsp3) is 0.923. The normalized spacial score (nSPS) is 13.8. The number of hydrogen-bond acceptors (Lipinski definition) is 4. The van der Waals surface area contributed by atoms with Crippen molar-refractivity contribution in [2.75, 3.05) is 18.1 Å². The molecule has 0 aromatic heterocycles. The minimum Gasteiger partial charge on any atom is -0.330 e. The van der Waals surface area contributed by atoms with Gasteiger partial charge in [0.1, 0.15) is 5.78 Å². The number of sulfone groups is 1. The Kier molecular flexibility index (Phi) is 8.44. The van der Waals surface area contributed by atoms with Crippen LogP contribution in [-0.4, -0.2) is 32.3 Å². The fourth-order valence-corrected chi connectivity index (χ4v) is 3.40. The molecule has 0 heterocycles. The molecule has 0 aliphatic rings. The summed E-state index contributed by atoms with van der Waals surface area (Å²) in [6, 6.07) is 0. The van der Waals surface area contributed by atoms with Crippen molar-refractivity contribution in [1.29, 1.82) is 0 Å². The van der Waals surface area contributed by atoms with Crippen LogP contribution in [-0.2, 0) is 14.6 Å². The first-order chi connectivity index (χ1) is 8.30. The third kappa shape index (κ3) is 8.64. The molecule has 0 saturated heterocycles. The van der Waals surface area contributed by atoms with Gasteiger partial charge < -0.3 is 5.73 Å². The van der Waals surface area contributed by atoms with E-state index >= 15 is 0 Å². The molecule has 1 atom stereocenters. The maximum atomic E-state index is 11.7. The molecule has 0 radical (unpaired) electrons. The fourth-order valence-electron chi connectivity index (χ4n) is 2.04. The second-order valence-corrected chi connectivity index (χ2v) is 7.68. The molecule has 1 unspecified atom stereocenters. The van der Waals surface area contributed by atoms with Gasteiger partial charge in [-0.3, -0.25) is 4.79 Å². The first-order valence-electron chi connectivity index (χ1n) is 6.72. The topological polar surface area (TPSA) is 77.2 Å². The van der Waals surface area contributed by atoms with E-state index in [2.05, 4.69) is 13.8 Å². The van der Waals surface area contributed by atoms with Gasteiger partial charge in [0.05, 0.1) is 5.75 Å². The Hall–Kier alpha value is -0.420. The lowest BCUT2D eigenvalue weighted by Gasteiger charge is -2.16. The lowest BCUT2D eigenvalue weighted by atomic mass is 9.92. The van der Waals surface area contributed by atoms with Crippen LogP contribution in [0.1, 0.15) is 46.5 Å². The second kappa shape index (κ2) is 8.64. The molecule has 5 heteroatoms. The van der Waals surface area contributed by atoms with Crippen molar-refractivity contribution in [3.8, 4) is 0 Å². The second-order valence-electron chi connectivity index (χ2n) is 5.38. The summed E-state index contributed by atoms with van der Waals surface area (Å²) in [5.74, 6) is 0.873. The van der Waals surface area contributed by atoms with Gasteiger partial charge in [0, 0.05) is 18.6 Å². The van der Waals surface area contributed by atoms with Gasteiger partial charge in [0.25, 0.3) is 0 Å². The standard InChI is InChI=1S/C13H27NO3S/c1-4-6-18(16,17)7-5-13(15)9-12(10-14)8-11(2)3/h11-12H,4-10,14H2,1-3H3. The summed E-state index contributed by atoms with van der Waals surface area (Å²) in [4.78, 5) is 11.7. The summed E-state index contributed by atoms with van der Waals surface area (Å²) in [5, 5.41) is 0.